The van der Waals surface area contributed by atoms with Crippen molar-refractivity contribution in [3.05, 3.63) is 30.3 Å². The third-order valence-electron chi connectivity index (χ3n) is 5.31. The number of fused-ring (bicyclic) bond motifs is 1. The first-order valence-corrected chi connectivity index (χ1v) is 17.1. The highest BCUT2D eigenvalue weighted by Gasteiger charge is 2.26. The van der Waals surface area contributed by atoms with Crippen molar-refractivity contribution in [3.63, 3.8) is 0 Å². The van der Waals surface area contributed by atoms with Gasteiger partial charge in [0.2, 0.25) is 0 Å². The molecule has 3 rings (SSSR count). The Kier molecular flexibility index (Phi) is 12.1. The Balaban J connectivity index is 2.20. The summed E-state index contributed by atoms with van der Waals surface area (Å²) in [5.74, 6) is -1.53. The van der Waals surface area contributed by atoms with Crippen LogP contribution >= 0.6 is 24.4 Å². The Morgan fingerprint density at radius 1 is 0.867 bits per heavy atom. The minimum atomic E-state index is -5.15. The van der Waals surface area contributed by atoms with Gasteiger partial charge in [-0.2, -0.15) is 27.1 Å². The Labute approximate surface area is 261 Å². The van der Waals surface area contributed by atoms with Gasteiger partial charge in [-0.15, -0.1) is 18.9 Å². The van der Waals surface area contributed by atoms with E-state index in [-0.39, 0.29) is 40.0 Å². The number of phenols is 1. The summed E-state index contributed by atoms with van der Waals surface area (Å²) in [6.45, 7) is -0.503. The van der Waals surface area contributed by atoms with Crippen molar-refractivity contribution in [1.82, 2.24) is 0 Å². The lowest BCUT2D eigenvalue weighted by molar-refractivity contribution is -0.434. The fourth-order valence-electron chi connectivity index (χ4n) is 3.53. The van der Waals surface area contributed by atoms with E-state index in [1.165, 1.54) is 7.05 Å². The maximum Gasteiger partial charge on any atom is 0.296 e. The number of sulfone groups is 1. The zero-order valence-corrected chi connectivity index (χ0v) is 26.0. The number of benzene rings is 3. The van der Waals surface area contributed by atoms with Crippen LogP contribution in [0.3, 0.4) is 0 Å². The number of azo groups is 2. The van der Waals surface area contributed by atoms with Crippen LogP contribution in [0.5, 0.6) is 5.75 Å². The summed E-state index contributed by atoms with van der Waals surface area (Å²) in [7, 11) is -13.1. The molecule has 3 aromatic carbocycles. The van der Waals surface area contributed by atoms with E-state index >= 15 is 0 Å². The molecule has 0 aliphatic carbocycles. The van der Waals surface area contributed by atoms with Crippen LogP contribution in [-0.2, 0) is 53.0 Å². The number of hydrogen-bond acceptors (Lipinski definition) is 21. The molecule has 0 aliphatic rings. The van der Waals surface area contributed by atoms with Gasteiger partial charge in [-0.3, -0.25) is 13.3 Å². The second kappa shape index (κ2) is 15.0. The molecule has 0 atom stereocenters. The number of nitrogens with zero attached hydrogens (tertiary/aromatic N) is 4. The van der Waals surface area contributed by atoms with Crippen molar-refractivity contribution in [2.45, 2.75) is 19.6 Å². The van der Waals surface area contributed by atoms with Gasteiger partial charge in [0.25, 0.3) is 20.2 Å². The summed E-state index contributed by atoms with van der Waals surface area (Å²) >= 11 is 0.310. The average molecular weight is 734 g/mol. The maximum absolute atomic E-state index is 12.6. The summed E-state index contributed by atoms with van der Waals surface area (Å²) in [4.78, 5) is -2.65. The second-order valence-corrected chi connectivity index (χ2v) is 14.1. The molecule has 0 bridgehead atoms. The summed E-state index contributed by atoms with van der Waals surface area (Å²) < 4.78 is 106. The molecule has 0 fully saturated rings. The molecule has 7 N–H and O–H groups in total. The second-order valence-electron chi connectivity index (χ2n) is 7.96. The van der Waals surface area contributed by atoms with Gasteiger partial charge in [0, 0.05) is 7.05 Å². The molecule has 0 aromatic heterocycles. The molecule has 246 valence electrons. The van der Waals surface area contributed by atoms with Crippen LogP contribution in [0, 0.1) is 0 Å². The standard InChI is InChI=1S/C19H19N5O16S5/c1-21-23-18-14(45(33,34)35)7-9-6-12(41-39-37-26)17(19(25)15(9)16(18)20)24-22-11-3-2-10(8-13(11)44(30,31)32)43(28,29)5-4-36-42-40-38-27/h2-3,6-8,25-27H,4-5,20H2,1H3,(H,30,31,32)(H,33,34,35)/b23-21+,24-22+. The lowest BCUT2D eigenvalue weighted by Crippen LogP contribution is -2.12. The van der Waals surface area contributed by atoms with Gasteiger partial charge in [-0.05, 0) is 35.7 Å². The van der Waals surface area contributed by atoms with Gasteiger partial charge < -0.3 is 10.8 Å². The molecule has 0 amide bonds. The number of rotatable bonds is 15. The van der Waals surface area contributed by atoms with E-state index in [1.807, 2.05) is 0 Å². The van der Waals surface area contributed by atoms with Crippen molar-refractivity contribution >= 4 is 88.0 Å². The highest BCUT2D eigenvalue weighted by Crippen LogP contribution is 2.49. The van der Waals surface area contributed by atoms with E-state index in [0.29, 0.717) is 6.07 Å². The largest absolute Gasteiger partial charge is 0.505 e. The van der Waals surface area contributed by atoms with Crippen molar-refractivity contribution in [3.8, 4) is 5.75 Å². The lowest BCUT2D eigenvalue weighted by atomic mass is 10.1. The van der Waals surface area contributed by atoms with E-state index < -0.39 is 85.6 Å². The van der Waals surface area contributed by atoms with Gasteiger partial charge in [0.05, 0.1) is 45.3 Å². The van der Waals surface area contributed by atoms with Crippen LogP contribution in [0.2, 0.25) is 0 Å². The zero-order valence-electron chi connectivity index (χ0n) is 21.9. The molecule has 0 unspecified atom stereocenters. The van der Waals surface area contributed by atoms with Crippen LogP contribution in [0.1, 0.15) is 0 Å². The summed E-state index contributed by atoms with van der Waals surface area (Å²) in [6.07, 6.45) is 0. The molecular weight excluding hydrogens is 715 g/mol. The van der Waals surface area contributed by atoms with Gasteiger partial charge in [0.15, 0.2) is 27.9 Å². The molecule has 0 saturated carbocycles. The van der Waals surface area contributed by atoms with E-state index in [9.17, 15) is 39.5 Å². The third kappa shape index (κ3) is 8.80. The topological polar surface area (TPSA) is 325 Å². The first-order valence-electron chi connectivity index (χ1n) is 11.1. The minimum absolute atomic E-state index is 0.108. The predicted octanol–water partition coefficient (Wildman–Crippen LogP) is 3.95. The summed E-state index contributed by atoms with van der Waals surface area (Å²) in [5.41, 5.74) is 3.84. The van der Waals surface area contributed by atoms with Gasteiger partial charge in [0.1, 0.15) is 26.9 Å². The number of aromatic hydroxyl groups is 1. The van der Waals surface area contributed by atoms with Gasteiger partial charge >= 0.3 is 0 Å². The molecule has 0 aliphatic heterocycles. The van der Waals surface area contributed by atoms with Crippen LogP contribution < -0.4 is 5.73 Å². The van der Waals surface area contributed by atoms with Crippen molar-refractivity contribution in [2.24, 2.45) is 20.5 Å². The zero-order chi connectivity index (χ0) is 33.6. The molecule has 0 saturated heterocycles. The normalized spacial score (nSPS) is 13.0. The molecule has 0 heterocycles. The van der Waals surface area contributed by atoms with E-state index in [1.54, 1.807) is 0 Å². The monoisotopic (exact) mass is 733 g/mol. The van der Waals surface area contributed by atoms with Crippen LogP contribution in [-0.4, -0.2) is 69.4 Å². The maximum atomic E-state index is 12.6. The van der Waals surface area contributed by atoms with Crippen molar-refractivity contribution < 1.29 is 72.9 Å². The fourth-order valence-corrected chi connectivity index (χ4v) is 6.85. The number of anilines is 1. The number of hydrogen-bond donors (Lipinski definition) is 6. The predicted molar refractivity (Wildman–Crippen MR) is 152 cm³/mol. The summed E-state index contributed by atoms with van der Waals surface area (Å²) in [6, 6.07) is 4.34. The quantitative estimate of drug-likeness (QED) is 0.0245. The number of phenolic OH excluding ortho intramolecular Hbond substituents is 1. The average Bonchev–Trinajstić information content (AvgIpc) is 2.95. The Hall–Kier alpha value is -3.09. The van der Waals surface area contributed by atoms with Gasteiger partial charge in [-0.1, -0.05) is 10.1 Å². The number of nitrogens with two attached hydrogens (primary N) is 1. The van der Waals surface area contributed by atoms with E-state index in [2.05, 4.69) is 43.4 Å². The lowest BCUT2D eigenvalue weighted by Gasteiger charge is -2.14. The Morgan fingerprint density at radius 2 is 1.53 bits per heavy atom. The minimum Gasteiger partial charge on any atom is -0.505 e. The third-order valence-corrected chi connectivity index (χ3v) is 9.74. The molecule has 45 heavy (non-hydrogen) atoms. The molecule has 0 spiro atoms. The van der Waals surface area contributed by atoms with E-state index in [4.69, 9.17) is 16.2 Å². The summed E-state index contributed by atoms with van der Waals surface area (Å²) in [5, 5.41) is 48.7. The van der Waals surface area contributed by atoms with Gasteiger partial charge in [-0.25, -0.2) is 18.9 Å². The SMILES string of the molecule is C/N=N/c1c(S(=O)(=O)O)cc2cc(SOOO)c(/N=N/c3ccc(S(=O)(=O)CCOSOOO)cc3S(=O)(=O)O)c(O)c2c1N. The van der Waals surface area contributed by atoms with Crippen LogP contribution in [0.15, 0.2) is 70.4 Å². The Morgan fingerprint density at radius 3 is 2.13 bits per heavy atom. The van der Waals surface area contributed by atoms with Crippen LogP contribution in [0.25, 0.3) is 10.8 Å². The fraction of sp³-hybridized carbons (Fsp3) is 0.158. The highest BCUT2D eigenvalue weighted by atomic mass is 32.2. The molecule has 26 heteroatoms. The van der Waals surface area contributed by atoms with E-state index in [0.717, 1.165) is 24.3 Å². The molecule has 3 aromatic rings. The molecule has 0 radical (unpaired) electrons. The smallest absolute Gasteiger partial charge is 0.296 e. The Bertz CT molecular complexity index is 1970. The highest BCUT2D eigenvalue weighted by molar-refractivity contribution is 7.94. The van der Waals surface area contributed by atoms with Crippen molar-refractivity contribution in [1.29, 1.82) is 0 Å². The first-order chi connectivity index (χ1) is 21.1. The van der Waals surface area contributed by atoms with Crippen molar-refractivity contribution in [2.75, 3.05) is 25.1 Å². The number of nitrogen functional groups attached to an aromatic ring is 1. The van der Waals surface area contributed by atoms with Crippen LogP contribution in [0.4, 0.5) is 22.7 Å². The molecule has 21 nitrogen and oxygen atoms in total. The molecular formula is C19H19N5O16S5. The first kappa shape index (κ1) is 36.4.